The second-order valence-corrected chi connectivity index (χ2v) is 6.23. The third-order valence-corrected chi connectivity index (χ3v) is 4.24. The van der Waals surface area contributed by atoms with Gasteiger partial charge in [0.2, 0.25) is 0 Å². The first kappa shape index (κ1) is 15.4. The molecule has 2 rings (SSSR count). The summed E-state index contributed by atoms with van der Waals surface area (Å²) in [7, 11) is 0. The van der Waals surface area contributed by atoms with Gasteiger partial charge in [0.05, 0.1) is 26.5 Å². The quantitative estimate of drug-likeness (QED) is 0.648. The Morgan fingerprint density at radius 1 is 1.30 bits per heavy atom. The van der Waals surface area contributed by atoms with E-state index in [0.29, 0.717) is 26.0 Å². The molecule has 0 saturated carbocycles. The Kier molecular flexibility index (Phi) is 4.47. The van der Waals surface area contributed by atoms with Crippen molar-refractivity contribution in [2.45, 2.75) is 18.9 Å². The lowest BCUT2D eigenvalue weighted by Gasteiger charge is -2.14. The Morgan fingerprint density at radius 2 is 1.90 bits per heavy atom. The van der Waals surface area contributed by atoms with Crippen molar-refractivity contribution >= 4 is 51.6 Å². The molecule has 0 unspecified atom stereocenters. The van der Waals surface area contributed by atoms with Gasteiger partial charge in [-0.15, -0.1) is 11.8 Å². The SMILES string of the molecule is CSc1nc2c(Cl)ccc(Cl)c2c(O)c1C(=O)C(C)C. The molecule has 1 aromatic carbocycles. The normalized spacial score (nSPS) is 11.3. The summed E-state index contributed by atoms with van der Waals surface area (Å²) < 4.78 is 0. The van der Waals surface area contributed by atoms with Crippen LogP contribution in [0.25, 0.3) is 10.9 Å². The van der Waals surface area contributed by atoms with Gasteiger partial charge in [0, 0.05) is 5.92 Å². The molecule has 20 heavy (non-hydrogen) atoms. The predicted octanol–water partition coefficient (Wildman–Crippen LogP) is 4.81. The van der Waals surface area contributed by atoms with E-state index in [4.69, 9.17) is 23.2 Å². The van der Waals surface area contributed by atoms with Crippen LogP contribution in [0.15, 0.2) is 17.2 Å². The van der Waals surface area contributed by atoms with E-state index < -0.39 is 0 Å². The lowest BCUT2D eigenvalue weighted by atomic mass is 10.00. The molecule has 0 saturated heterocycles. The first-order chi connectivity index (χ1) is 9.38. The van der Waals surface area contributed by atoms with Crippen LogP contribution in [-0.4, -0.2) is 22.1 Å². The summed E-state index contributed by atoms with van der Waals surface area (Å²) >= 11 is 13.5. The van der Waals surface area contributed by atoms with Gasteiger partial charge in [0.25, 0.3) is 0 Å². The Balaban J connectivity index is 2.92. The maximum Gasteiger partial charge on any atom is 0.171 e. The average Bonchev–Trinajstić information content (AvgIpc) is 2.41. The van der Waals surface area contributed by atoms with E-state index in [0.717, 1.165) is 0 Å². The molecule has 0 bridgehead atoms. The second-order valence-electron chi connectivity index (χ2n) is 4.62. The first-order valence-electron chi connectivity index (χ1n) is 5.97. The number of rotatable bonds is 3. The minimum atomic E-state index is -0.246. The van der Waals surface area contributed by atoms with Crippen molar-refractivity contribution in [3.05, 3.63) is 27.7 Å². The number of ketones is 1. The summed E-state index contributed by atoms with van der Waals surface area (Å²) in [4.78, 5) is 16.7. The summed E-state index contributed by atoms with van der Waals surface area (Å²) in [6, 6.07) is 3.20. The van der Waals surface area contributed by atoms with E-state index in [1.807, 2.05) is 0 Å². The number of hydrogen-bond acceptors (Lipinski definition) is 4. The van der Waals surface area contributed by atoms with Crippen LogP contribution in [0.3, 0.4) is 0 Å². The molecule has 0 fully saturated rings. The van der Waals surface area contributed by atoms with E-state index >= 15 is 0 Å². The van der Waals surface area contributed by atoms with E-state index in [2.05, 4.69) is 4.98 Å². The fourth-order valence-electron chi connectivity index (χ4n) is 1.92. The van der Waals surface area contributed by atoms with Crippen molar-refractivity contribution in [1.82, 2.24) is 4.98 Å². The minimum absolute atomic E-state index is 0.148. The van der Waals surface area contributed by atoms with Gasteiger partial charge in [-0.1, -0.05) is 37.0 Å². The smallest absolute Gasteiger partial charge is 0.171 e. The Hall–Kier alpha value is -0.970. The number of hydrogen-bond donors (Lipinski definition) is 1. The van der Waals surface area contributed by atoms with Crippen molar-refractivity contribution in [3.8, 4) is 5.75 Å². The summed E-state index contributed by atoms with van der Waals surface area (Å²) in [6.07, 6.45) is 1.79. The molecule has 1 aromatic heterocycles. The number of fused-ring (bicyclic) bond motifs is 1. The molecule has 0 amide bonds. The van der Waals surface area contributed by atoms with Gasteiger partial charge < -0.3 is 5.11 Å². The summed E-state index contributed by atoms with van der Waals surface area (Å²) in [5.74, 6) is -0.563. The van der Waals surface area contributed by atoms with Gasteiger partial charge in [-0.2, -0.15) is 0 Å². The highest BCUT2D eigenvalue weighted by Gasteiger charge is 2.24. The van der Waals surface area contributed by atoms with E-state index in [9.17, 15) is 9.90 Å². The molecule has 0 spiro atoms. The van der Waals surface area contributed by atoms with Crippen LogP contribution < -0.4 is 0 Å². The number of aromatic hydroxyl groups is 1. The average molecular weight is 330 g/mol. The van der Waals surface area contributed by atoms with Crippen molar-refractivity contribution in [2.75, 3.05) is 6.26 Å². The lowest BCUT2D eigenvalue weighted by molar-refractivity contribution is 0.0933. The molecule has 0 atom stereocenters. The molecule has 2 aromatic rings. The maximum absolute atomic E-state index is 12.3. The van der Waals surface area contributed by atoms with Crippen LogP contribution in [0, 0.1) is 5.92 Å². The van der Waals surface area contributed by atoms with E-state index in [1.54, 1.807) is 32.2 Å². The van der Waals surface area contributed by atoms with Crippen molar-refractivity contribution in [1.29, 1.82) is 0 Å². The fraction of sp³-hybridized carbons (Fsp3) is 0.286. The predicted molar refractivity (Wildman–Crippen MR) is 84.4 cm³/mol. The van der Waals surface area contributed by atoms with Crippen LogP contribution in [0.1, 0.15) is 24.2 Å². The van der Waals surface area contributed by atoms with Gasteiger partial charge in [-0.05, 0) is 18.4 Å². The standard InChI is InChI=1S/C14H13Cl2NO2S/c1-6(2)12(18)10-13(19)9-7(15)4-5-8(16)11(9)17-14(10)20-3/h4-6H,1-3H3,(H,17,19). The monoisotopic (exact) mass is 329 g/mol. The number of benzene rings is 1. The molecule has 1 heterocycles. The number of Topliss-reactive ketones (excluding diaryl/α,β-unsaturated/α-hetero) is 1. The summed E-state index contributed by atoms with van der Waals surface area (Å²) in [5, 5.41) is 12.0. The van der Waals surface area contributed by atoms with Crippen LogP contribution in [0.2, 0.25) is 10.0 Å². The van der Waals surface area contributed by atoms with Crippen molar-refractivity contribution < 1.29 is 9.90 Å². The third-order valence-electron chi connectivity index (χ3n) is 2.94. The number of halogens is 2. The topological polar surface area (TPSA) is 50.2 Å². The van der Waals surface area contributed by atoms with Gasteiger partial charge >= 0.3 is 0 Å². The van der Waals surface area contributed by atoms with Crippen LogP contribution >= 0.6 is 35.0 Å². The molecule has 106 valence electrons. The number of thioether (sulfide) groups is 1. The number of pyridine rings is 1. The second kappa shape index (κ2) is 5.80. The van der Waals surface area contributed by atoms with Crippen LogP contribution in [0.5, 0.6) is 5.75 Å². The van der Waals surface area contributed by atoms with Crippen molar-refractivity contribution in [2.24, 2.45) is 5.92 Å². The molecule has 0 aliphatic rings. The molecule has 0 aliphatic carbocycles. The number of aromatic nitrogens is 1. The van der Waals surface area contributed by atoms with Crippen LogP contribution in [0.4, 0.5) is 0 Å². The van der Waals surface area contributed by atoms with Crippen molar-refractivity contribution in [3.63, 3.8) is 0 Å². The highest BCUT2D eigenvalue weighted by Crippen LogP contribution is 2.40. The maximum atomic E-state index is 12.3. The van der Waals surface area contributed by atoms with Gasteiger partial charge in [-0.3, -0.25) is 4.79 Å². The lowest BCUT2D eigenvalue weighted by Crippen LogP contribution is -2.10. The van der Waals surface area contributed by atoms with Gasteiger partial charge in [0.15, 0.2) is 5.78 Å². The molecule has 0 aliphatic heterocycles. The number of carbonyl (C=O) groups is 1. The minimum Gasteiger partial charge on any atom is -0.506 e. The molecular formula is C14H13Cl2NO2S. The largest absolute Gasteiger partial charge is 0.506 e. The Bertz CT molecular complexity index is 701. The van der Waals surface area contributed by atoms with Crippen LogP contribution in [-0.2, 0) is 0 Å². The first-order valence-corrected chi connectivity index (χ1v) is 7.95. The van der Waals surface area contributed by atoms with E-state index in [1.165, 1.54) is 11.8 Å². The Labute approximate surface area is 131 Å². The molecule has 1 N–H and O–H groups in total. The van der Waals surface area contributed by atoms with E-state index in [-0.39, 0.29) is 23.0 Å². The van der Waals surface area contributed by atoms with Gasteiger partial charge in [-0.25, -0.2) is 4.98 Å². The molecular weight excluding hydrogens is 317 g/mol. The third kappa shape index (κ3) is 2.48. The highest BCUT2D eigenvalue weighted by molar-refractivity contribution is 7.98. The fourth-order valence-corrected chi connectivity index (χ4v) is 2.94. The van der Waals surface area contributed by atoms with Gasteiger partial charge in [0.1, 0.15) is 10.8 Å². The Morgan fingerprint density at radius 3 is 2.45 bits per heavy atom. The highest BCUT2D eigenvalue weighted by atomic mass is 35.5. The molecule has 6 heteroatoms. The zero-order chi connectivity index (χ0) is 15.0. The number of carbonyl (C=O) groups excluding carboxylic acids is 1. The molecule has 0 radical (unpaired) electrons. The zero-order valence-electron chi connectivity index (χ0n) is 11.2. The summed E-state index contributed by atoms with van der Waals surface area (Å²) in [5.41, 5.74) is 0.616. The zero-order valence-corrected chi connectivity index (χ0v) is 13.5. The number of nitrogens with zero attached hydrogens (tertiary/aromatic N) is 1. The molecule has 3 nitrogen and oxygen atoms in total. The summed E-state index contributed by atoms with van der Waals surface area (Å²) in [6.45, 7) is 3.55.